The zero-order valence-corrected chi connectivity index (χ0v) is 13.3. The molecule has 0 saturated heterocycles. The van der Waals surface area contributed by atoms with Gasteiger partial charge in [-0.2, -0.15) is 0 Å². The highest BCUT2D eigenvalue weighted by Crippen LogP contribution is 2.37. The summed E-state index contributed by atoms with van der Waals surface area (Å²) in [5.74, 6) is 0.322. The van der Waals surface area contributed by atoms with E-state index >= 15 is 0 Å². The molecule has 4 heteroatoms. The molecule has 0 unspecified atom stereocenters. The fraction of sp³-hybridized carbons (Fsp3) is 0.571. The summed E-state index contributed by atoms with van der Waals surface area (Å²) >= 11 is 0. The molecule has 102 valence electrons. The number of phenols is 1. The third kappa shape index (κ3) is 3.83. The molecule has 0 atom stereocenters. The highest BCUT2D eigenvalue weighted by molar-refractivity contribution is 6.74. The quantitative estimate of drug-likeness (QED) is 0.666. The fourth-order valence-corrected chi connectivity index (χ4v) is 2.56. The molecule has 18 heavy (non-hydrogen) atoms. The predicted octanol–water partition coefficient (Wildman–Crippen LogP) is 3.76. The zero-order chi connectivity index (χ0) is 14.0. The van der Waals surface area contributed by atoms with Crippen LogP contribution in [-0.4, -0.2) is 25.5 Å². The SMILES string of the molecule is CN(Cc1ccccc1O)O[Si](C)(C)C(C)(C)C. The number of hydrogen-bond donors (Lipinski definition) is 1. The van der Waals surface area contributed by atoms with E-state index in [1.165, 1.54) is 0 Å². The Bertz CT molecular complexity index is 399. The van der Waals surface area contributed by atoms with Crippen LogP contribution in [0.15, 0.2) is 24.3 Å². The van der Waals surface area contributed by atoms with Crippen molar-refractivity contribution >= 4 is 8.32 Å². The minimum Gasteiger partial charge on any atom is -0.508 e. The molecular weight excluding hydrogens is 242 g/mol. The van der Waals surface area contributed by atoms with E-state index in [0.717, 1.165) is 5.56 Å². The number of benzene rings is 1. The Morgan fingerprint density at radius 3 is 2.28 bits per heavy atom. The van der Waals surface area contributed by atoms with Crippen LogP contribution in [0.25, 0.3) is 0 Å². The molecule has 0 radical (unpaired) electrons. The monoisotopic (exact) mass is 267 g/mol. The van der Waals surface area contributed by atoms with Crippen LogP contribution in [0.1, 0.15) is 26.3 Å². The van der Waals surface area contributed by atoms with Crippen LogP contribution in [0.2, 0.25) is 18.1 Å². The van der Waals surface area contributed by atoms with Crippen molar-refractivity contribution in [1.29, 1.82) is 0 Å². The fourth-order valence-electron chi connectivity index (χ4n) is 1.44. The van der Waals surface area contributed by atoms with Crippen molar-refractivity contribution in [1.82, 2.24) is 5.06 Å². The Morgan fingerprint density at radius 2 is 1.78 bits per heavy atom. The van der Waals surface area contributed by atoms with Gasteiger partial charge in [0.2, 0.25) is 8.32 Å². The number of hydroxylamine groups is 2. The van der Waals surface area contributed by atoms with Gasteiger partial charge in [0.25, 0.3) is 0 Å². The van der Waals surface area contributed by atoms with Crippen molar-refractivity contribution < 1.29 is 9.63 Å². The van der Waals surface area contributed by atoms with E-state index in [1.807, 2.05) is 30.3 Å². The molecule has 1 aromatic rings. The van der Waals surface area contributed by atoms with E-state index in [1.54, 1.807) is 6.07 Å². The van der Waals surface area contributed by atoms with E-state index in [2.05, 4.69) is 33.9 Å². The van der Waals surface area contributed by atoms with Crippen LogP contribution >= 0.6 is 0 Å². The van der Waals surface area contributed by atoms with Crippen molar-refractivity contribution in [3.8, 4) is 5.75 Å². The molecule has 1 rings (SSSR count). The summed E-state index contributed by atoms with van der Waals surface area (Å²) in [6.45, 7) is 11.7. The van der Waals surface area contributed by atoms with Crippen LogP contribution in [-0.2, 0) is 11.1 Å². The topological polar surface area (TPSA) is 32.7 Å². The van der Waals surface area contributed by atoms with Gasteiger partial charge in [0.05, 0.1) is 6.54 Å². The lowest BCUT2D eigenvalue weighted by Crippen LogP contribution is -2.45. The molecule has 0 fully saturated rings. The van der Waals surface area contributed by atoms with Crippen molar-refractivity contribution in [2.75, 3.05) is 7.05 Å². The summed E-state index contributed by atoms with van der Waals surface area (Å²) in [7, 11) is 0.129. The first-order chi connectivity index (χ1) is 8.13. The second-order valence-corrected chi connectivity index (χ2v) is 11.0. The van der Waals surface area contributed by atoms with Crippen LogP contribution < -0.4 is 0 Å². The van der Waals surface area contributed by atoms with Gasteiger partial charge in [-0.1, -0.05) is 39.0 Å². The molecule has 0 heterocycles. The molecule has 0 aliphatic heterocycles. The Hall–Kier alpha value is -0.843. The zero-order valence-electron chi connectivity index (χ0n) is 12.3. The molecule has 0 spiro atoms. The lowest BCUT2D eigenvalue weighted by atomic mass is 10.2. The summed E-state index contributed by atoms with van der Waals surface area (Å²) in [4.78, 5) is 0. The lowest BCUT2D eigenvalue weighted by Gasteiger charge is -2.38. The first-order valence-electron chi connectivity index (χ1n) is 6.30. The largest absolute Gasteiger partial charge is 0.508 e. The van der Waals surface area contributed by atoms with Gasteiger partial charge >= 0.3 is 0 Å². The van der Waals surface area contributed by atoms with Gasteiger partial charge in [0.1, 0.15) is 5.75 Å². The summed E-state index contributed by atoms with van der Waals surface area (Å²) in [6.07, 6.45) is 0. The second-order valence-electron chi connectivity index (χ2n) is 6.27. The normalized spacial score (nSPS) is 13.1. The van der Waals surface area contributed by atoms with Gasteiger partial charge in [-0.25, -0.2) is 5.06 Å². The Labute approximate surface area is 111 Å². The van der Waals surface area contributed by atoms with Gasteiger partial charge in [-0.05, 0) is 24.2 Å². The standard InChI is InChI=1S/C14H25NO2Si/c1-14(2,3)18(5,6)17-15(4)11-12-9-7-8-10-13(12)16/h7-10,16H,11H2,1-6H3. The Morgan fingerprint density at radius 1 is 1.22 bits per heavy atom. The van der Waals surface area contributed by atoms with E-state index < -0.39 is 8.32 Å². The molecular formula is C14H25NO2Si. The Balaban J connectivity index is 2.68. The molecule has 0 aliphatic carbocycles. The number of hydrogen-bond acceptors (Lipinski definition) is 3. The second kappa shape index (κ2) is 5.43. The molecule has 0 aliphatic rings. The lowest BCUT2D eigenvalue weighted by molar-refractivity contribution is -0.0561. The first kappa shape index (κ1) is 15.2. The molecule has 1 N–H and O–H groups in total. The number of nitrogens with zero attached hydrogens (tertiary/aromatic N) is 1. The average Bonchev–Trinajstić information content (AvgIpc) is 2.19. The summed E-state index contributed by atoms with van der Waals surface area (Å²) < 4.78 is 6.12. The van der Waals surface area contributed by atoms with Crippen LogP contribution in [0, 0.1) is 0 Å². The van der Waals surface area contributed by atoms with E-state index in [-0.39, 0.29) is 5.04 Å². The number of phenolic OH excluding ortho intramolecular Hbond substituents is 1. The average molecular weight is 267 g/mol. The first-order valence-corrected chi connectivity index (χ1v) is 9.21. The number of para-hydroxylation sites is 1. The van der Waals surface area contributed by atoms with Gasteiger partial charge in [0, 0.05) is 12.6 Å². The third-order valence-corrected chi connectivity index (χ3v) is 7.96. The van der Waals surface area contributed by atoms with E-state index in [0.29, 0.717) is 12.3 Å². The minimum absolute atomic E-state index is 0.181. The van der Waals surface area contributed by atoms with Crippen LogP contribution in [0.5, 0.6) is 5.75 Å². The van der Waals surface area contributed by atoms with Gasteiger partial charge in [-0.15, -0.1) is 0 Å². The predicted molar refractivity (Wildman–Crippen MR) is 77.9 cm³/mol. The highest BCUT2D eigenvalue weighted by Gasteiger charge is 2.39. The van der Waals surface area contributed by atoms with Crippen molar-refractivity contribution in [2.24, 2.45) is 0 Å². The molecule has 0 saturated carbocycles. The summed E-state index contributed by atoms with van der Waals surface area (Å²) in [5, 5.41) is 11.8. The van der Waals surface area contributed by atoms with E-state index in [9.17, 15) is 5.11 Å². The molecule has 0 amide bonds. The highest BCUT2D eigenvalue weighted by atomic mass is 28.4. The van der Waals surface area contributed by atoms with Gasteiger partial charge < -0.3 is 9.63 Å². The smallest absolute Gasteiger partial charge is 0.220 e. The van der Waals surface area contributed by atoms with E-state index in [4.69, 9.17) is 4.53 Å². The maximum Gasteiger partial charge on any atom is 0.220 e. The minimum atomic E-state index is -1.79. The molecule has 1 aromatic carbocycles. The van der Waals surface area contributed by atoms with Crippen LogP contribution in [0.3, 0.4) is 0 Å². The summed E-state index contributed by atoms with van der Waals surface area (Å²) in [5.41, 5.74) is 0.888. The van der Waals surface area contributed by atoms with Crippen molar-refractivity contribution in [3.63, 3.8) is 0 Å². The number of aromatic hydroxyl groups is 1. The Kier molecular flexibility index (Phi) is 4.59. The maximum atomic E-state index is 9.75. The molecule has 0 bridgehead atoms. The summed E-state index contributed by atoms with van der Waals surface area (Å²) in [6, 6.07) is 7.37. The van der Waals surface area contributed by atoms with Gasteiger partial charge in [-0.3, -0.25) is 0 Å². The third-order valence-electron chi connectivity index (χ3n) is 3.57. The van der Waals surface area contributed by atoms with Crippen molar-refractivity contribution in [3.05, 3.63) is 29.8 Å². The van der Waals surface area contributed by atoms with Crippen LogP contribution in [0.4, 0.5) is 0 Å². The molecule has 3 nitrogen and oxygen atoms in total. The van der Waals surface area contributed by atoms with Gasteiger partial charge in [0.15, 0.2) is 0 Å². The molecule has 0 aromatic heterocycles. The maximum absolute atomic E-state index is 9.75. The number of rotatable bonds is 4. The van der Waals surface area contributed by atoms with Crippen molar-refractivity contribution in [2.45, 2.75) is 45.4 Å².